The summed E-state index contributed by atoms with van der Waals surface area (Å²) < 4.78 is 14.5. The van der Waals surface area contributed by atoms with Crippen LogP contribution in [-0.4, -0.2) is 17.0 Å². The smallest absolute Gasteiger partial charge is 0.263 e. The quantitative estimate of drug-likeness (QED) is 0.729. The van der Waals surface area contributed by atoms with Gasteiger partial charge in [0.1, 0.15) is 11.4 Å². The Balaban J connectivity index is 1.65. The van der Waals surface area contributed by atoms with E-state index < -0.39 is 0 Å². The van der Waals surface area contributed by atoms with E-state index in [9.17, 15) is 14.0 Å². The van der Waals surface area contributed by atoms with Crippen molar-refractivity contribution in [2.75, 3.05) is 11.4 Å². The second kappa shape index (κ2) is 6.59. The summed E-state index contributed by atoms with van der Waals surface area (Å²) in [6.45, 7) is 0.862. The zero-order valence-electron chi connectivity index (χ0n) is 14.1. The van der Waals surface area contributed by atoms with Crippen molar-refractivity contribution >= 4 is 11.6 Å². The lowest BCUT2D eigenvalue weighted by atomic mass is 10.1. The van der Waals surface area contributed by atoms with Crippen molar-refractivity contribution in [1.29, 1.82) is 0 Å². The third-order valence-electron chi connectivity index (χ3n) is 4.65. The molecule has 1 aliphatic rings. The van der Waals surface area contributed by atoms with Gasteiger partial charge in [-0.3, -0.25) is 9.59 Å². The van der Waals surface area contributed by atoms with Gasteiger partial charge >= 0.3 is 0 Å². The second-order valence-electron chi connectivity index (χ2n) is 6.32. The molecule has 0 N–H and O–H groups in total. The lowest BCUT2D eigenvalue weighted by molar-refractivity contribution is 0.0987. The van der Waals surface area contributed by atoms with Gasteiger partial charge in [-0.05, 0) is 47.9 Å². The van der Waals surface area contributed by atoms with Crippen LogP contribution in [0.5, 0.6) is 0 Å². The van der Waals surface area contributed by atoms with Crippen LogP contribution in [-0.2, 0) is 13.0 Å². The van der Waals surface area contributed by atoms with E-state index >= 15 is 0 Å². The first kappa shape index (κ1) is 16.3. The molecule has 0 radical (unpaired) electrons. The number of rotatable bonds is 3. The first-order valence-electron chi connectivity index (χ1n) is 8.47. The number of amides is 1. The fourth-order valence-electron chi connectivity index (χ4n) is 3.31. The Morgan fingerprint density at radius 2 is 1.77 bits per heavy atom. The normalized spacial score (nSPS) is 12.9. The molecule has 4 nitrogen and oxygen atoms in total. The molecule has 0 bridgehead atoms. The molecule has 26 heavy (non-hydrogen) atoms. The molecule has 1 aromatic heterocycles. The van der Waals surface area contributed by atoms with Gasteiger partial charge in [-0.1, -0.05) is 30.3 Å². The maximum absolute atomic E-state index is 13.0. The SMILES string of the molecule is O=C(c1cccn(Cc2ccc(F)cc2)c1=O)N1CCc2ccccc21. The van der Waals surface area contributed by atoms with Gasteiger partial charge in [-0.2, -0.15) is 0 Å². The minimum atomic E-state index is -0.341. The van der Waals surface area contributed by atoms with E-state index in [0.717, 1.165) is 23.2 Å². The van der Waals surface area contributed by atoms with E-state index in [4.69, 9.17) is 0 Å². The van der Waals surface area contributed by atoms with Gasteiger partial charge in [-0.15, -0.1) is 0 Å². The number of para-hydroxylation sites is 1. The third kappa shape index (κ3) is 2.92. The summed E-state index contributed by atoms with van der Waals surface area (Å²) in [5, 5.41) is 0. The van der Waals surface area contributed by atoms with Gasteiger partial charge in [0.2, 0.25) is 0 Å². The average Bonchev–Trinajstić information content (AvgIpc) is 3.09. The van der Waals surface area contributed by atoms with E-state index in [1.165, 1.54) is 16.7 Å². The van der Waals surface area contributed by atoms with E-state index in [0.29, 0.717) is 6.54 Å². The Morgan fingerprint density at radius 3 is 2.58 bits per heavy atom. The predicted molar refractivity (Wildman–Crippen MR) is 98.0 cm³/mol. The van der Waals surface area contributed by atoms with Gasteiger partial charge < -0.3 is 9.47 Å². The van der Waals surface area contributed by atoms with Gasteiger partial charge in [-0.25, -0.2) is 4.39 Å². The maximum Gasteiger partial charge on any atom is 0.263 e. The number of hydrogen-bond acceptors (Lipinski definition) is 2. The van der Waals surface area contributed by atoms with Gasteiger partial charge in [0.25, 0.3) is 11.5 Å². The number of fused-ring (bicyclic) bond motifs is 1. The fraction of sp³-hybridized carbons (Fsp3) is 0.143. The molecule has 0 spiro atoms. The fourth-order valence-corrected chi connectivity index (χ4v) is 3.31. The summed E-state index contributed by atoms with van der Waals surface area (Å²) in [5.41, 5.74) is 2.58. The standard InChI is InChI=1S/C21H17FN2O2/c22-17-9-7-15(8-10-17)14-23-12-3-5-18(20(23)25)21(26)24-13-11-16-4-1-2-6-19(16)24/h1-10,12H,11,13-14H2. The molecule has 2 aromatic carbocycles. The summed E-state index contributed by atoms with van der Waals surface area (Å²) >= 11 is 0. The topological polar surface area (TPSA) is 42.3 Å². The van der Waals surface area contributed by atoms with E-state index in [1.807, 2.05) is 24.3 Å². The zero-order valence-corrected chi connectivity index (χ0v) is 14.1. The number of benzene rings is 2. The van der Waals surface area contributed by atoms with Crippen LogP contribution in [0.3, 0.4) is 0 Å². The third-order valence-corrected chi connectivity index (χ3v) is 4.65. The Kier molecular flexibility index (Phi) is 4.13. The molecule has 1 aliphatic heterocycles. The average molecular weight is 348 g/mol. The number of carbonyl (C=O) groups is 1. The Labute approximate surface area is 150 Å². The minimum Gasteiger partial charge on any atom is -0.310 e. The highest BCUT2D eigenvalue weighted by Gasteiger charge is 2.27. The zero-order chi connectivity index (χ0) is 18.1. The van der Waals surface area contributed by atoms with Gasteiger partial charge in [0.05, 0.1) is 6.54 Å². The summed E-state index contributed by atoms with van der Waals surface area (Å²) in [7, 11) is 0. The molecule has 4 rings (SSSR count). The molecule has 0 unspecified atom stereocenters. The monoisotopic (exact) mass is 348 g/mol. The summed E-state index contributed by atoms with van der Waals surface area (Å²) in [5.74, 6) is -0.605. The Morgan fingerprint density at radius 1 is 1.00 bits per heavy atom. The highest BCUT2D eigenvalue weighted by molar-refractivity contribution is 6.07. The summed E-state index contributed by atoms with van der Waals surface area (Å²) in [6, 6.07) is 17.0. The highest BCUT2D eigenvalue weighted by Crippen LogP contribution is 2.28. The predicted octanol–water partition coefficient (Wildman–Crippen LogP) is 3.24. The van der Waals surface area contributed by atoms with Gasteiger partial charge in [0.15, 0.2) is 0 Å². The number of hydrogen-bond donors (Lipinski definition) is 0. The van der Waals surface area contributed by atoms with Crippen LogP contribution in [0, 0.1) is 5.82 Å². The lowest BCUT2D eigenvalue weighted by Gasteiger charge is -2.17. The largest absolute Gasteiger partial charge is 0.310 e. The number of anilines is 1. The van der Waals surface area contributed by atoms with Crippen molar-refractivity contribution in [1.82, 2.24) is 4.57 Å². The number of halogens is 1. The molecule has 130 valence electrons. The number of pyridine rings is 1. The van der Waals surface area contributed by atoms with Crippen LogP contribution in [0.2, 0.25) is 0 Å². The van der Waals surface area contributed by atoms with E-state index in [2.05, 4.69) is 0 Å². The van der Waals surface area contributed by atoms with Crippen molar-refractivity contribution in [3.8, 4) is 0 Å². The van der Waals surface area contributed by atoms with Gasteiger partial charge in [0, 0.05) is 18.4 Å². The van der Waals surface area contributed by atoms with Crippen molar-refractivity contribution in [3.05, 3.63) is 99.7 Å². The van der Waals surface area contributed by atoms with Crippen LogP contribution in [0.4, 0.5) is 10.1 Å². The van der Waals surface area contributed by atoms with Crippen LogP contribution in [0.1, 0.15) is 21.5 Å². The lowest BCUT2D eigenvalue weighted by Crippen LogP contribution is -2.35. The van der Waals surface area contributed by atoms with Crippen molar-refractivity contribution in [2.45, 2.75) is 13.0 Å². The molecule has 3 aromatic rings. The molecule has 0 fully saturated rings. The van der Waals surface area contributed by atoms with Crippen LogP contribution >= 0.6 is 0 Å². The summed E-state index contributed by atoms with van der Waals surface area (Å²) in [6.07, 6.45) is 2.43. The number of nitrogens with zero attached hydrogens (tertiary/aromatic N) is 2. The Hall–Kier alpha value is -3.21. The first-order valence-corrected chi connectivity index (χ1v) is 8.47. The highest BCUT2D eigenvalue weighted by atomic mass is 19.1. The van der Waals surface area contributed by atoms with Crippen LogP contribution < -0.4 is 10.5 Å². The van der Waals surface area contributed by atoms with Crippen molar-refractivity contribution in [3.63, 3.8) is 0 Å². The Bertz CT molecular complexity index is 1020. The molecule has 2 heterocycles. The summed E-state index contributed by atoms with van der Waals surface area (Å²) in [4.78, 5) is 27.4. The van der Waals surface area contributed by atoms with Crippen LogP contribution in [0.15, 0.2) is 71.7 Å². The molecule has 0 atom stereocenters. The van der Waals surface area contributed by atoms with E-state index in [1.54, 1.807) is 35.4 Å². The molecule has 5 heteroatoms. The molecule has 1 amide bonds. The number of aromatic nitrogens is 1. The molecule has 0 saturated carbocycles. The molecule has 0 saturated heterocycles. The maximum atomic E-state index is 13.0. The van der Waals surface area contributed by atoms with Crippen molar-refractivity contribution < 1.29 is 9.18 Å². The molecular formula is C21H17FN2O2. The molecule has 0 aliphatic carbocycles. The van der Waals surface area contributed by atoms with E-state index in [-0.39, 0.29) is 29.4 Å². The second-order valence-corrected chi connectivity index (χ2v) is 6.32. The van der Waals surface area contributed by atoms with Crippen molar-refractivity contribution in [2.24, 2.45) is 0 Å². The van der Waals surface area contributed by atoms with Crippen LogP contribution in [0.25, 0.3) is 0 Å². The first-order chi connectivity index (χ1) is 12.6. The molecular weight excluding hydrogens is 331 g/mol. The minimum absolute atomic E-state index is 0.145. The number of carbonyl (C=O) groups excluding carboxylic acids is 1.